The highest BCUT2D eigenvalue weighted by Gasteiger charge is 2.34. The Morgan fingerprint density at radius 2 is 2.25 bits per heavy atom. The van der Waals surface area contributed by atoms with Crippen LogP contribution in [0.25, 0.3) is 0 Å². The van der Waals surface area contributed by atoms with Gasteiger partial charge in [-0.2, -0.15) is 0 Å². The third-order valence-electron chi connectivity index (χ3n) is 5.37. The second-order valence-electron chi connectivity index (χ2n) is 6.70. The van der Waals surface area contributed by atoms with Crippen molar-refractivity contribution in [2.45, 2.75) is 44.8 Å². The predicted octanol–water partition coefficient (Wildman–Crippen LogP) is 2.32. The van der Waals surface area contributed by atoms with Crippen molar-refractivity contribution in [2.24, 2.45) is 0 Å². The second kappa shape index (κ2) is 5.05. The van der Waals surface area contributed by atoms with E-state index in [9.17, 15) is 0 Å². The number of nitrogens with one attached hydrogen (secondary N) is 1. The van der Waals surface area contributed by atoms with Gasteiger partial charge in [-0.3, -0.25) is 9.80 Å². The molecule has 0 spiro atoms. The summed E-state index contributed by atoms with van der Waals surface area (Å²) in [5.74, 6) is 0. The summed E-state index contributed by atoms with van der Waals surface area (Å²) in [7, 11) is 0. The van der Waals surface area contributed by atoms with Gasteiger partial charge < -0.3 is 5.32 Å². The third kappa shape index (κ3) is 2.13. The van der Waals surface area contributed by atoms with Gasteiger partial charge >= 0.3 is 0 Å². The summed E-state index contributed by atoms with van der Waals surface area (Å²) in [4.78, 5) is 5.40. The number of anilines is 1. The van der Waals surface area contributed by atoms with Crippen LogP contribution in [-0.4, -0.2) is 48.1 Å². The monoisotopic (exact) mass is 271 g/mol. The van der Waals surface area contributed by atoms with Gasteiger partial charge in [0.05, 0.1) is 0 Å². The number of piperazine rings is 1. The van der Waals surface area contributed by atoms with Crippen molar-refractivity contribution >= 4 is 5.69 Å². The molecule has 3 aliphatic heterocycles. The maximum atomic E-state index is 3.58. The molecule has 4 rings (SSSR count). The van der Waals surface area contributed by atoms with Gasteiger partial charge in [-0.1, -0.05) is 18.2 Å². The van der Waals surface area contributed by atoms with E-state index in [4.69, 9.17) is 0 Å². The molecule has 0 amide bonds. The van der Waals surface area contributed by atoms with Gasteiger partial charge in [0.2, 0.25) is 0 Å². The minimum Gasteiger partial charge on any atom is -0.384 e. The number of rotatable bonds is 2. The molecule has 0 saturated carbocycles. The number of fused-ring (bicyclic) bond motifs is 2. The molecule has 108 valence electrons. The molecule has 1 aromatic carbocycles. The van der Waals surface area contributed by atoms with Crippen LogP contribution in [0.2, 0.25) is 0 Å². The van der Waals surface area contributed by atoms with Crippen LogP contribution in [0.3, 0.4) is 0 Å². The molecular weight excluding hydrogens is 246 g/mol. The molecule has 0 aliphatic carbocycles. The van der Waals surface area contributed by atoms with Crippen molar-refractivity contribution in [1.29, 1.82) is 0 Å². The first-order chi connectivity index (χ1) is 9.81. The lowest BCUT2D eigenvalue weighted by Gasteiger charge is -2.42. The summed E-state index contributed by atoms with van der Waals surface area (Å²) in [5, 5.41) is 3.58. The van der Waals surface area contributed by atoms with Crippen LogP contribution in [-0.2, 0) is 13.0 Å². The molecule has 0 radical (unpaired) electrons. The molecule has 2 saturated heterocycles. The van der Waals surface area contributed by atoms with Crippen molar-refractivity contribution in [2.75, 3.05) is 31.5 Å². The van der Waals surface area contributed by atoms with Gasteiger partial charge in [-0.15, -0.1) is 0 Å². The molecule has 3 heterocycles. The number of nitrogens with zero attached hydrogens (tertiary/aromatic N) is 2. The molecule has 1 N–H and O–H groups in total. The van der Waals surface area contributed by atoms with E-state index in [0.29, 0.717) is 6.04 Å². The van der Waals surface area contributed by atoms with Gasteiger partial charge in [-0.25, -0.2) is 0 Å². The Morgan fingerprint density at radius 1 is 1.30 bits per heavy atom. The summed E-state index contributed by atoms with van der Waals surface area (Å²) in [6, 6.07) is 8.32. The Labute approximate surface area is 121 Å². The van der Waals surface area contributed by atoms with Crippen molar-refractivity contribution < 1.29 is 0 Å². The lowest BCUT2D eigenvalue weighted by Crippen LogP contribution is -2.54. The van der Waals surface area contributed by atoms with Crippen LogP contribution >= 0.6 is 0 Å². The van der Waals surface area contributed by atoms with E-state index in [2.05, 4.69) is 40.2 Å². The molecule has 0 bridgehead atoms. The zero-order valence-electron chi connectivity index (χ0n) is 12.4. The Balaban J connectivity index is 1.52. The maximum Gasteiger partial charge on any atom is 0.0419 e. The Bertz CT molecular complexity index is 499. The van der Waals surface area contributed by atoms with E-state index >= 15 is 0 Å². The summed E-state index contributed by atoms with van der Waals surface area (Å²) >= 11 is 0. The SMILES string of the molecule is CC1CN2CCCC2CN1Cc1cccc2c1NCC2. The fraction of sp³-hybridized carbons (Fsp3) is 0.647. The highest BCUT2D eigenvalue weighted by Crippen LogP contribution is 2.30. The lowest BCUT2D eigenvalue weighted by atomic mass is 10.0. The lowest BCUT2D eigenvalue weighted by molar-refractivity contribution is 0.0542. The molecule has 1 aromatic rings. The van der Waals surface area contributed by atoms with Gasteiger partial charge in [-0.05, 0) is 43.9 Å². The van der Waals surface area contributed by atoms with Gasteiger partial charge in [0.15, 0.2) is 0 Å². The molecule has 3 aliphatic rings. The standard InChI is InChI=1S/C17H25N3/c1-13-10-19-9-3-6-16(19)12-20(13)11-15-5-2-4-14-7-8-18-17(14)15/h2,4-5,13,16,18H,3,6-12H2,1H3. The minimum absolute atomic E-state index is 0.682. The van der Waals surface area contributed by atoms with Crippen molar-refractivity contribution in [1.82, 2.24) is 9.80 Å². The summed E-state index contributed by atoms with van der Waals surface area (Å²) in [6.45, 7) is 8.45. The van der Waals surface area contributed by atoms with Crippen molar-refractivity contribution in [3.8, 4) is 0 Å². The first-order valence-electron chi connectivity index (χ1n) is 8.14. The van der Waals surface area contributed by atoms with E-state index in [1.54, 1.807) is 0 Å². The van der Waals surface area contributed by atoms with Crippen LogP contribution in [0, 0.1) is 0 Å². The molecule has 3 heteroatoms. The highest BCUT2D eigenvalue weighted by molar-refractivity contribution is 5.61. The van der Waals surface area contributed by atoms with E-state index in [0.717, 1.165) is 19.1 Å². The third-order valence-corrected chi connectivity index (χ3v) is 5.37. The van der Waals surface area contributed by atoms with E-state index in [-0.39, 0.29) is 0 Å². The number of hydrogen-bond acceptors (Lipinski definition) is 3. The Morgan fingerprint density at radius 3 is 3.20 bits per heavy atom. The molecule has 0 aromatic heterocycles. The zero-order valence-corrected chi connectivity index (χ0v) is 12.4. The van der Waals surface area contributed by atoms with Crippen LogP contribution in [0.15, 0.2) is 18.2 Å². The minimum atomic E-state index is 0.682. The van der Waals surface area contributed by atoms with Crippen LogP contribution in [0.1, 0.15) is 30.9 Å². The normalized spacial score (nSPS) is 30.1. The van der Waals surface area contributed by atoms with Gasteiger partial charge in [0, 0.05) is 44.0 Å². The highest BCUT2D eigenvalue weighted by atomic mass is 15.3. The van der Waals surface area contributed by atoms with Gasteiger partial charge in [0.1, 0.15) is 0 Å². The summed E-state index contributed by atoms with van der Waals surface area (Å²) in [5.41, 5.74) is 4.43. The number of benzene rings is 1. The van der Waals surface area contributed by atoms with Crippen LogP contribution in [0.4, 0.5) is 5.69 Å². The summed E-state index contributed by atoms with van der Waals surface area (Å²) in [6.07, 6.45) is 3.98. The van der Waals surface area contributed by atoms with Crippen LogP contribution in [0.5, 0.6) is 0 Å². The average molecular weight is 271 g/mol. The largest absolute Gasteiger partial charge is 0.384 e. The number of hydrogen-bond donors (Lipinski definition) is 1. The van der Waals surface area contributed by atoms with Crippen molar-refractivity contribution in [3.63, 3.8) is 0 Å². The fourth-order valence-electron chi connectivity index (χ4n) is 4.23. The zero-order chi connectivity index (χ0) is 13.5. The molecule has 2 fully saturated rings. The molecule has 2 unspecified atom stereocenters. The predicted molar refractivity (Wildman–Crippen MR) is 83.1 cm³/mol. The topological polar surface area (TPSA) is 18.5 Å². The van der Waals surface area contributed by atoms with Crippen LogP contribution < -0.4 is 5.32 Å². The fourth-order valence-corrected chi connectivity index (χ4v) is 4.23. The van der Waals surface area contributed by atoms with Crippen molar-refractivity contribution in [3.05, 3.63) is 29.3 Å². The maximum absolute atomic E-state index is 3.58. The Kier molecular flexibility index (Phi) is 3.20. The smallest absolute Gasteiger partial charge is 0.0419 e. The first kappa shape index (κ1) is 12.7. The van der Waals surface area contributed by atoms with E-state index in [1.807, 2.05) is 0 Å². The number of para-hydroxylation sites is 1. The molecular formula is C17H25N3. The van der Waals surface area contributed by atoms with Gasteiger partial charge in [0.25, 0.3) is 0 Å². The molecule has 20 heavy (non-hydrogen) atoms. The molecule has 3 nitrogen and oxygen atoms in total. The van der Waals surface area contributed by atoms with E-state index in [1.165, 1.54) is 55.7 Å². The Hall–Kier alpha value is -1.06. The summed E-state index contributed by atoms with van der Waals surface area (Å²) < 4.78 is 0. The van der Waals surface area contributed by atoms with E-state index < -0.39 is 0 Å². The molecule has 2 atom stereocenters. The average Bonchev–Trinajstić information content (AvgIpc) is 3.07. The second-order valence-corrected chi connectivity index (χ2v) is 6.70. The quantitative estimate of drug-likeness (QED) is 0.890. The first-order valence-corrected chi connectivity index (χ1v) is 8.14.